The van der Waals surface area contributed by atoms with Gasteiger partial charge in [0.15, 0.2) is 11.6 Å². The molecule has 1 saturated heterocycles. The van der Waals surface area contributed by atoms with Crippen LogP contribution in [0.3, 0.4) is 0 Å². The van der Waals surface area contributed by atoms with E-state index in [0.29, 0.717) is 0 Å². The van der Waals surface area contributed by atoms with E-state index in [1.807, 2.05) is 10.6 Å². The van der Waals surface area contributed by atoms with Crippen molar-refractivity contribution in [2.75, 3.05) is 6.61 Å². The normalized spacial score (nSPS) is 14.6. The minimum Gasteiger partial charge on any atom is -0.507 e. The summed E-state index contributed by atoms with van der Waals surface area (Å²) in [6.45, 7) is 1.86. The summed E-state index contributed by atoms with van der Waals surface area (Å²) < 4.78 is 18.7. The molecule has 7 nitrogen and oxygen atoms in total. The molecule has 1 aliphatic rings. The number of phenolic OH excluding ortho intramolecular Hbond substituents is 1. The van der Waals surface area contributed by atoms with E-state index in [-0.39, 0.29) is 23.7 Å². The standard InChI is InChI=1S/C13H11FN2O5/c1-2-21-10-5-9(17)6(4-8(10)14)3-7-11(18)15-13(20)16-12(7)19/h3-5,17H,2H2,1H3,(H2,15,16,18,19,20). The molecule has 2 rings (SSSR count). The first-order valence-electron chi connectivity index (χ1n) is 5.96. The molecule has 4 amide bonds. The molecular weight excluding hydrogens is 283 g/mol. The van der Waals surface area contributed by atoms with Gasteiger partial charge in [0.05, 0.1) is 6.61 Å². The quantitative estimate of drug-likeness (QED) is 0.561. The van der Waals surface area contributed by atoms with Crippen LogP contribution in [0.4, 0.5) is 9.18 Å². The first-order chi connectivity index (χ1) is 9.92. The number of barbiturate groups is 1. The lowest BCUT2D eigenvalue weighted by Crippen LogP contribution is -2.51. The summed E-state index contributed by atoms with van der Waals surface area (Å²) in [6, 6.07) is 1.02. The number of urea groups is 1. The number of carbonyl (C=O) groups excluding carboxylic acids is 3. The highest BCUT2D eigenvalue weighted by Gasteiger charge is 2.28. The number of nitrogens with one attached hydrogen (secondary N) is 2. The van der Waals surface area contributed by atoms with Crippen LogP contribution in [0.15, 0.2) is 17.7 Å². The molecule has 8 heteroatoms. The number of hydrogen-bond acceptors (Lipinski definition) is 5. The van der Waals surface area contributed by atoms with Crippen molar-refractivity contribution in [2.24, 2.45) is 0 Å². The third kappa shape index (κ3) is 2.99. The SMILES string of the molecule is CCOc1cc(O)c(C=C2C(=O)NC(=O)NC2=O)cc1F. The summed E-state index contributed by atoms with van der Waals surface area (Å²) in [5.74, 6) is -3.14. The molecule has 21 heavy (non-hydrogen) atoms. The Morgan fingerprint density at radius 3 is 2.43 bits per heavy atom. The molecule has 1 aliphatic heterocycles. The summed E-state index contributed by atoms with van der Waals surface area (Å²) in [5, 5.41) is 13.5. The van der Waals surface area contributed by atoms with Gasteiger partial charge < -0.3 is 9.84 Å². The van der Waals surface area contributed by atoms with Crippen LogP contribution in [0.5, 0.6) is 11.5 Å². The van der Waals surface area contributed by atoms with Crippen molar-refractivity contribution in [1.29, 1.82) is 0 Å². The van der Waals surface area contributed by atoms with Crippen LogP contribution in [-0.4, -0.2) is 29.6 Å². The van der Waals surface area contributed by atoms with E-state index in [2.05, 4.69) is 0 Å². The molecule has 1 aromatic carbocycles. The first kappa shape index (κ1) is 14.5. The van der Waals surface area contributed by atoms with Gasteiger partial charge in [0.2, 0.25) is 0 Å². The largest absolute Gasteiger partial charge is 0.507 e. The Kier molecular flexibility index (Phi) is 3.88. The number of benzene rings is 1. The van der Waals surface area contributed by atoms with Gasteiger partial charge in [-0.05, 0) is 19.1 Å². The highest BCUT2D eigenvalue weighted by Crippen LogP contribution is 2.29. The van der Waals surface area contributed by atoms with Crippen molar-refractivity contribution in [2.45, 2.75) is 6.92 Å². The molecule has 1 aromatic rings. The van der Waals surface area contributed by atoms with Crippen LogP contribution in [0.25, 0.3) is 6.08 Å². The van der Waals surface area contributed by atoms with Gasteiger partial charge in [-0.2, -0.15) is 0 Å². The van der Waals surface area contributed by atoms with Crippen LogP contribution >= 0.6 is 0 Å². The topological polar surface area (TPSA) is 105 Å². The molecule has 0 atom stereocenters. The summed E-state index contributed by atoms with van der Waals surface area (Å²) in [7, 11) is 0. The highest BCUT2D eigenvalue weighted by molar-refractivity contribution is 6.31. The van der Waals surface area contributed by atoms with Crippen molar-refractivity contribution in [1.82, 2.24) is 10.6 Å². The zero-order chi connectivity index (χ0) is 15.6. The monoisotopic (exact) mass is 294 g/mol. The van der Waals surface area contributed by atoms with Gasteiger partial charge in [-0.15, -0.1) is 0 Å². The number of amides is 4. The minimum atomic E-state index is -0.941. The zero-order valence-electron chi connectivity index (χ0n) is 10.9. The molecule has 110 valence electrons. The average Bonchev–Trinajstić information content (AvgIpc) is 2.39. The number of hydrogen-bond donors (Lipinski definition) is 3. The van der Waals surface area contributed by atoms with E-state index in [1.165, 1.54) is 0 Å². The number of aromatic hydroxyl groups is 1. The Labute approximate surface area is 118 Å². The summed E-state index contributed by atoms with van der Waals surface area (Å²) in [5.41, 5.74) is -0.515. The number of carbonyl (C=O) groups is 3. The molecule has 0 saturated carbocycles. The fourth-order valence-electron chi connectivity index (χ4n) is 1.70. The smallest absolute Gasteiger partial charge is 0.328 e. The molecule has 3 N–H and O–H groups in total. The van der Waals surface area contributed by atoms with Crippen molar-refractivity contribution in [3.63, 3.8) is 0 Å². The Bertz CT molecular complexity index is 647. The van der Waals surface area contributed by atoms with Crippen molar-refractivity contribution in [3.05, 3.63) is 29.1 Å². The highest BCUT2D eigenvalue weighted by atomic mass is 19.1. The summed E-state index contributed by atoms with van der Waals surface area (Å²) in [4.78, 5) is 34.0. The Morgan fingerprint density at radius 1 is 1.24 bits per heavy atom. The van der Waals surface area contributed by atoms with Crippen molar-refractivity contribution < 1.29 is 28.6 Å². The summed E-state index contributed by atoms with van der Waals surface area (Å²) in [6.07, 6.45) is 0.977. The number of phenols is 1. The molecule has 0 aliphatic carbocycles. The van der Waals surface area contributed by atoms with E-state index in [4.69, 9.17) is 4.74 Å². The Morgan fingerprint density at radius 2 is 1.86 bits per heavy atom. The molecule has 0 unspecified atom stereocenters. The Hall–Kier alpha value is -2.90. The van der Waals surface area contributed by atoms with Gasteiger partial charge >= 0.3 is 6.03 Å². The molecule has 1 heterocycles. The zero-order valence-corrected chi connectivity index (χ0v) is 10.9. The maximum Gasteiger partial charge on any atom is 0.328 e. The lowest BCUT2D eigenvalue weighted by molar-refractivity contribution is -0.123. The number of halogens is 1. The van der Waals surface area contributed by atoms with Gasteiger partial charge in [-0.25, -0.2) is 9.18 Å². The van der Waals surface area contributed by atoms with Crippen LogP contribution in [0, 0.1) is 5.82 Å². The molecule has 1 fully saturated rings. The average molecular weight is 294 g/mol. The fraction of sp³-hybridized carbons (Fsp3) is 0.154. The van der Waals surface area contributed by atoms with E-state index in [0.717, 1.165) is 18.2 Å². The van der Waals surface area contributed by atoms with E-state index >= 15 is 0 Å². The molecule has 0 spiro atoms. The number of imide groups is 2. The third-order valence-electron chi connectivity index (χ3n) is 2.62. The molecular formula is C13H11FN2O5. The third-order valence-corrected chi connectivity index (χ3v) is 2.62. The lowest BCUT2D eigenvalue weighted by atomic mass is 10.1. The predicted octanol–water partition coefficient (Wildman–Crippen LogP) is 0.679. The molecule has 0 aromatic heterocycles. The molecule has 0 bridgehead atoms. The van der Waals surface area contributed by atoms with E-state index < -0.39 is 29.2 Å². The van der Waals surface area contributed by atoms with Crippen LogP contribution in [0.2, 0.25) is 0 Å². The van der Waals surface area contributed by atoms with Crippen LogP contribution in [0.1, 0.15) is 12.5 Å². The Balaban J connectivity index is 2.41. The first-order valence-corrected chi connectivity index (χ1v) is 5.96. The second-order valence-electron chi connectivity index (χ2n) is 4.07. The summed E-state index contributed by atoms with van der Waals surface area (Å²) >= 11 is 0. The fourth-order valence-corrected chi connectivity index (χ4v) is 1.70. The van der Waals surface area contributed by atoms with Gasteiger partial charge in [-0.3, -0.25) is 20.2 Å². The number of ether oxygens (including phenoxy) is 1. The van der Waals surface area contributed by atoms with E-state index in [9.17, 15) is 23.9 Å². The van der Waals surface area contributed by atoms with E-state index in [1.54, 1.807) is 6.92 Å². The van der Waals surface area contributed by atoms with Crippen LogP contribution < -0.4 is 15.4 Å². The van der Waals surface area contributed by atoms with Crippen molar-refractivity contribution in [3.8, 4) is 11.5 Å². The number of rotatable bonds is 3. The van der Waals surface area contributed by atoms with Crippen LogP contribution in [-0.2, 0) is 9.59 Å². The van der Waals surface area contributed by atoms with Gasteiger partial charge in [0.25, 0.3) is 11.8 Å². The minimum absolute atomic E-state index is 0.0920. The van der Waals surface area contributed by atoms with Crippen molar-refractivity contribution >= 4 is 23.9 Å². The molecule has 0 radical (unpaired) electrons. The lowest BCUT2D eigenvalue weighted by Gasteiger charge is -2.14. The predicted molar refractivity (Wildman–Crippen MR) is 68.9 cm³/mol. The van der Waals surface area contributed by atoms with Gasteiger partial charge in [-0.1, -0.05) is 0 Å². The van der Waals surface area contributed by atoms with Gasteiger partial charge in [0.1, 0.15) is 11.3 Å². The van der Waals surface area contributed by atoms with Gasteiger partial charge in [0, 0.05) is 11.6 Å². The second-order valence-corrected chi connectivity index (χ2v) is 4.07. The second kappa shape index (κ2) is 5.61. The maximum atomic E-state index is 13.7. The maximum absolute atomic E-state index is 13.7.